The zero-order valence-corrected chi connectivity index (χ0v) is 9.96. The van der Waals surface area contributed by atoms with Gasteiger partial charge < -0.3 is 5.73 Å². The Balaban J connectivity index is 3.15. The molecule has 1 unspecified atom stereocenters. The van der Waals surface area contributed by atoms with Gasteiger partial charge in [0, 0.05) is 20.1 Å². The Morgan fingerprint density at radius 1 is 1.14 bits per heavy atom. The van der Waals surface area contributed by atoms with E-state index in [1.807, 2.05) is 14.1 Å². The molecule has 1 atom stereocenters. The van der Waals surface area contributed by atoms with Crippen molar-refractivity contribution in [2.24, 2.45) is 5.73 Å². The molecule has 0 rings (SSSR count). The predicted octanol–water partition coefficient (Wildman–Crippen LogP) is 2.17. The maximum absolute atomic E-state index is 5.94. The van der Waals surface area contributed by atoms with Gasteiger partial charge in [-0.15, -0.1) is 0 Å². The first-order valence-corrected chi connectivity index (χ1v) is 5.72. The van der Waals surface area contributed by atoms with Crippen LogP contribution in [0.15, 0.2) is 0 Å². The Kier molecular flexibility index (Phi) is 9.35. The monoisotopic (exact) mass is 202 g/mol. The van der Waals surface area contributed by atoms with Gasteiger partial charge in [0.15, 0.2) is 0 Å². The van der Waals surface area contributed by atoms with Gasteiger partial charge in [0.05, 0.1) is 6.61 Å². The van der Waals surface area contributed by atoms with Gasteiger partial charge in [-0.2, -0.15) is 5.06 Å². The van der Waals surface area contributed by atoms with E-state index in [0.29, 0.717) is 6.04 Å². The second kappa shape index (κ2) is 9.44. The molecule has 0 aromatic carbocycles. The summed E-state index contributed by atoms with van der Waals surface area (Å²) in [6.07, 6.45) is 7.30. The van der Waals surface area contributed by atoms with E-state index in [1.165, 1.54) is 25.7 Å². The van der Waals surface area contributed by atoms with Gasteiger partial charge in [-0.1, -0.05) is 32.6 Å². The summed E-state index contributed by atoms with van der Waals surface area (Å²) in [5.74, 6) is 0. The van der Waals surface area contributed by atoms with Gasteiger partial charge in [-0.25, -0.2) is 0 Å². The smallest absolute Gasteiger partial charge is 0.0699 e. The van der Waals surface area contributed by atoms with Crippen LogP contribution in [-0.2, 0) is 4.84 Å². The minimum atomic E-state index is 0.312. The minimum Gasteiger partial charge on any atom is -0.328 e. The van der Waals surface area contributed by atoms with Gasteiger partial charge in [0.2, 0.25) is 0 Å². The summed E-state index contributed by atoms with van der Waals surface area (Å²) in [7, 11) is 3.79. The summed E-state index contributed by atoms with van der Waals surface area (Å²) in [6.45, 7) is 2.97. The molecule has 0 radical (unpaired) electrons. The molecule has 3 heteroatoms. The zero-order chi connectivity index (χ0) is 10.8. The molecule has 14 heavy (non-hydrogen) atoms. The van der Waals surface area contributed by atoms with Crippen LogP contribution in [0.5, 0.6) is 0 Å². The van der Waals surface area contributed by atoms with Crippen LogP contribution in [0.3, 0.4) is 0 Å². The van der Waals surface area contributed by atoms with Crippen molar-refractivity contribution >= 4 is 0 Å². The largest absolute Gasteiger partial charge is 0.328 e. The summed E-state index contributed by atoms with van der Waals surface area (Å²) in [5, 5.41) is 1.73. The van der Waals surface area contributed by atoms with Gasteiger partial charge >= 0.3 is 0 Å². The molecule has 0 amide bonds. The number of nitrogens with zero attached hydrogens (tertiary/aromatic N) is 1. The van der Waals surface area contributed by atoms with Crippen LogP contribution in [0, 0.1) is 0 Å². The SMILES string of the molecule is CCCCCCC(N)CCON(C)C. The van der Waals surface area contributed by atoms with Crippen LogP contribution in [0.25, 0.3) is 0 Å². The number of hydrogen-bond donors (Lipinski definition) is 1. The Morgan fingerprint density at radius 3 is 2.43 bits per heavy atom. The average Bonchev–Trinajstić information content (AvgIpc) is 2.12. The second-order valence-corrected chi connectivity index (χ2v) is 4.04. The second-order valence-electron chi connectivity index (χ2n) is 4.04. The molecule has 2 N–H and O–H groups in total. The molecule has 0 aromatic heterocycles. The van der Waals surface area contributed by atoms with Crippen LogP contribution in [0.1, 0.15) is 45.4 Å². The van der Waals surface area contributed by atoms with Crippen LogP contribution < -0.4 is 5.73 Å². The molecule has 0 saturated carbocycles. The van der Waals surface area contributed by atoms with E-state index in [-0.39, 0.29) is 0 Å². The first-order valence-electron chi connectivity index (χ1n) is 5.72. The Hall–Kier alpha value is -0.120. The molecule has 0 aliphatic rings. The van der Waals surface area contributed by atoms with Crippen molar-refractivity contribution in [2.45, 2.75) is 51.5 Å². The summed E-state index contributed by atoms with van der Waals surface area (Å²) < 4.78 is 0. The number of unbranched alkanes of at least 4 members (excludes halogenated alkanes) is 3. The lowest BCUT2D eigenvalue weighted by Gasteiger charge is -2.14. The molecule has 0 aromatic rings. The van der Waals surface area contributed by atoms with E-state index in [1.54, 1.807) is 5.06 Å². The van der Waals surface area contributed by atoms with Crippen LogP contribution in [0.4, 0.5) is 0 Å². The number of nitrogens with two attached hydrogens (primary N) is 1. The quantitative estimate of drug-likeness (QED) is 0.460. The van der Waals surface area contributed by atoms with E-state index < -0.39 is 0 Å². The van der Waals surface area contributed by atoms with Crippen molar-refractivity contribution in [3.63, 3.8) is 0 Å². The van der Waals surface area contributed by atoms with E-state index in [2.05, 4.69) is 6.92 Å². The zero-order valence-electron chi connectivity index (χ0n) is 9.96. The minimum absolute atomic E-state index is 0.312. The van der Waals surface area contributed by atoms with Crippen LogP contribution >= 0.6 is 0 Å². The van der Waals surface area contributed by atoms with Crippen LogP contribution in [0.2, 0.25) is 0 Å². The van der Waals surface area contributed by atoms with E-state index in [4.69, 9.17) is 10.6 Å². The van der Waals surface area contributed by atoms with Crippen molar-refractivity contribution < 1.29 is 4.84 Å². The molecule has 0 saturated heterocycles. The maximum Gasteiger partial charge on any atom is 0.0699 e. The number of hydroxylamine groups is 2. The van der Waals surface area contributed by atoms with Gasteiger partial charge in [-0.3, -0.25) is 4.84 Å². The molecule has 0 aliphatic heterocycles. The Labute approximate surface area is 88.6 Å². The van der Waals surface area contributed by atoms with E-state index in [9.17, 15) is 0 Å². The fraction of sp³-hybridized carbons (Fsp3) is 1.00. The first-order chi connectivity index (χ1) is 6.66. The van der Waals surface area contributed by atoms with Crippen molar-refractivity contribution in [3.8, 4) is 0 Å². The maximum atomic E-state index is 5.94. The fourth-order valence-electron chi connectivity index (χ4n) is 1.36. The summed E-state index contributed by atoms with van der Waals surface area (Å²) >= 11 is 0. The van der Waals surface area contributed by atoms with E-state index >= 15 is 0 Å². The summed E-state index contributed by atoms with van der Waals surface area (Å²) in [5.41, 5.74) is 5.94. The highest BCUT2D eigenvalue weighted by Gasteiger charge is 2.02. The van der Waals surface area contributed by atoms with Crippen LogP contribution in [-0.4, -0.2) is 31.8 Å². The van der Waals surface area contributed by atoms with Crippen molar-refractivity contribution in [3.05, 3.63) is 0 Å². The molecule has 0 spiro atoms. The molecule has 0 heterocycles. The van der Waals surface area contributed by atoms with Crippen molar-refractivity contribution in [2.75, 3.05) is 20.7 Å². The third-order valence-corrected chi connectivity index (χ3v) is 2.27. The lowest BCUT2D eigenvalue weighted by Crippen LogP contribution is -2.24. The number of hydrogen-bond acceptors (Lipinski definition) is 3. The lowest BCUT2D eigenvalue weighted by molar-refractivity contribution is -0.121. The van der Waals surface area contributed by atoms with Crippen molar-refractivity contribution in [1.82, 2.24) is 5.06 Å². The summed E-state index contributed by atoms with van der Waals surface area (Å²) in [4.78, 5) is 5.29. The van der Waals surface area contributed by atoms with Gasteiger partial charge in [-0.05, 0) is 12.8 Å². The normalized spacial score (nSPS) is 13.5. The fourth-order valence-corrected chi connectivity index (χ4v) is 1.36. The highest BCUT2D eigenvalue weighted by atomic mass is 16.7. The van der Waals surface area contributed by atoms with E-state index in [0.717, 1.165) is 19.4 Å². The Bertz CT molecular complexity index is 118. The number of rotatable bonds is 9. The average molecular weight is 202 g/mol. The topological polar surface area (TPSA) is 38.5 Å². The molecule has 0 bridgehead atoms. The molecule has 3 nitrogen and oxygen atoms in total. The third kappa shape index (κ3) is 9.96. The highest BCUT2D eigenvalue weighted by molar-refractivity contribution is 4.60. The standard InChI is InChI=1S/C11H26N2O/c1-4-5-6-7-8-11(12)9-10-14-13(2)3/h11H,4-10,12H2,1-3H3. The molecule has 86 valence electrons. The lowest BCUT2D eigenvalue weighted by atomic mass is 10.1. The molecular weight excluding hydrogens is 176 g/mol. The molecule has 0 fully saturated rings. The van der Waals surface area contributed by atoms with Gasteiger partial charge in [0.1, 0.15) is 0 Å². The van der Waals surface area contributed by atoms with Crippen molar-refractivity contribution in [1.29, 1.82) is 0 Å². The Morgan fingerprint density at radius 2 is 1.86 bits per heavy atom. The van der Waals surface area contributed by atoms with Gasteiger partial charge in [0.25, 0.3) is 0 Å². The predicted molar refractivity (Wildman–Crippen MR) is 61.0 cm³/mol. The first kappa shape index (κ1) is 13.9. The third-order valence-electron chi connectivity index (χ3n) is 2.27. The highest BCUT2D eigenvalue weighted by Crippen LogP contribution is 2.06. The molecular formula is C11H26N2O. The summed E-state index contributed by atoms with van der Waals surface area (Å²) in [6, 6.07) is 0.312. The molecule has 0 aliphatic carbocycles.